The largest absolute Gasteiger partial charge is 0.493 e. The molecule has 3 aromatic rings. The number of thiocarbonyl (C=S) groups is 1. The van der Waals surface area contributed by atoms with Crippen molar-refractivity contribution in [3.63, 3.8) is 0 Å². The molecule has 0 bridgehead atoms. The molecule has 0 atom stereocenters. The molecule has 1 amide bonds. The minimum absolute atomic E-state index is 0.108. The number of benzene rings is 3. The molecule has 1 aliphatic heterocycles. The summed E-state index contributed by atoms with van der Waals surface area (Å²) in [7, 11) is 0. The minimum atomic E-state index is -0.124. The number of thioether (sulfide) groups is 1. The number of nitrogens with zero attached hydrogens (tertiary/aromatic N) is 1. The van der Waals surface area contributed by atoms with Crippen molar-refractivity contribution in [2.24, 2.45) is 0 Å². The highest BCUT2D eigenvalue weighted by molar-refractivity contribution is 8.26. The van der Waals surface area contributed by atoms with Crippen LogP contribution in [0.15, 0.2) is 71.6 Å². The molecule has 0 aromatic heterocycles. The molecule has 0 saturated carbocycles. The number of amides is 1. The highest BCUT2D eigenvalue weighted by Crippen LogP contribution is 2.39. The van der Waals surface area contributed by atoms with E-state index < -0.39 is 0 Å². The third-order valence-corrected chi connectivity index (χ3v) is 7.87. The van der Waals surface area contributed by atoms with E-state index in [1.807, 2.05) is 55.5 Å². The summed E-state index contributed by atoms with van der Waals surface area (Å²) >= 11 is 13.4. The zero-order chi connectivity index (χ0) is 28.7. The van der Waals surface area contributed by atoms with E-state index in [1.54, 1.807) is 17.0 Å². The lowest BCUT2D eigenvalue weighted by molar-refractivity contribution is -0.122. The van der Waals surface area contributed by atoms with Gasteiger partial charge in [-0.15, -0.1) is 0 Å². The number of hydrogen-bond acceptors (Lipinski definition) is 6. The lowest BCUT2D eigenvalue weighted by Gasteiger charge is -2.19. The maximum Gasteiger partial charge on any atom is 0.266 e. The van der Waals surface area contributed by atoms with Gasteiger partial charge < -0.3 is 14.2 Å². The maximum absolute atomic E-state index is 13.1. The molecule has 8 heteroatoms. The summed E-state index contributed by atoms with van der Waals surface area (Å²) in [6.45, 7) is 10.3. The summed E-state index contributed by atoms with van der Waals surface area (Å²) in [6.07, 6.45) is 2.47. The van der Waals surface area contributed by atoms with Crippen LogP contribution in [0.1, 0.15) is 50.8 Å². The van der Waals surface area contributed by atoms with Gasteiger partial charge in [-0.2, -0.15) is 0 Å². The van der Waals surface area contributed by atoms with Gasteiger partial charge in [0.2, 0.25) is 0 Å². The van der Waals surface area contributed by atoms with Gasteiger partial charge in [-0.25, -0.2) is 0 Å². The van der Waals surface area contributed by atoms with Gasteiger partial charge in [0.15, 0.2) is 11.5 Å². The number of carbonyl (C=O) groups is 1. The molecule has 5 nitrogen and oxygen atoms in total. The summed E-state index contributed by atoms with van der Waals surface area (Å²) in [6, 6.07) is 21.6. The third-order valence-electron chi connectivity index (χ3n) is 6.21. The van der Waals surface area contributed by atoms with Crippen molar-refractivity contribution >= 4 is 51.9 Å². The Labute approximate surface area is 251 Å². The monoisotopic (exact) mass is 595 g/mol. The smallest absolute Gasteiger partial charge is 0.266 e. The van der Waals surface area contributed by atoms with E-state index in [2.05, 4.69) is 32.9 Å². The van der Waals surface area contributed by atoms with Crippen molar-refractivity contribution in [3.05, 3.63) is 93.3 Å². The first-order valence-corrected chi connectivity index (χ1v) is 14.9. The number of carbonyl (C=O) groups excluding carboxylic acids is 1. The van der Waals surface area contributed by atoms with Crippen LogP contribution in [-0.4, -0.2) is 34.9 Å². The van der Waals surface area contributed by atoms with Crippen molar-refractivity contribution in [1.29, 1.82) is 0 Å². The second kappa shape index (κ2) is 13.6. The average Bonchev–Trinajstić information content (AvgIpc) is 3.17. The van der Waals surface area contributed by atoms with E-state index in [9.17, 15) is 4.79 Å². The molecule has 4 rings (SSSR count). The predicted octanol–water partition coefficient (Wildman–Crippen LogP) is 8.29. The minimum Gasteiger partial charge on any atom is -0.493 e. The Balaban J connectivity index is 1.37. The maximum atomic E-state index is 13.1. The van der Waals surface area contributed by atoms with Crippen LogP contribution in [0, 0.1) is 0 Å². The van der Waals surface area contributed by atoms with Crippen molar-refractivity contribution in [3.8, 4) is 17.2 Å². The second-order valence-corrected chi connectivity index (χ2v) is 12.4. The first-order chi connectivity index (χ1) is 19.2. The molecule has 3 aromatic carbocycles. The molecule has 40 heavy (non-hydrogen) atoms. The lowest BCUT2D eigenvalue weighted by atomic mass is 9.87. The highest BCUT2D eigenvalue weighted by atomic mass is 35.5. The molecule has 0 radical (unpaired) electrons. The highest BCUT2D eigenvalue weighted by Gasteiger charge is 2.32. The van der Waals surface area contributed by atoms with Gasteiger partial charge in [0.25, 0.3) is 5.91 Å². The second-order valence-electron chi connectivity index (χ2n) is 10.3. The van der Waals surface area contributed by atoms with Gasteiger partial charge in [0.1, 0.15) is 10.1 Å². The van der Waals surface area contributed by atoms with E-state index in [1.165, 1.54) is 17.3 Å². The molecular weight excluding hydrogens is 562 g/mol. The SMILES string of the molecule is CCOc1cc(C=C2SC(=S)N(Cc3ccccc3)C2=O)cc(Cl)c1OCCCOc1ccc(C(C)(C)C)cc1. The van der Waals surface area contributed by atoms with Gasteiger partial charge in [-0.3, -0.25) is 9.69 Å². The Morgan fingerprint density at radius 2 is 1.68 bits per heavy atom. The van der Waals surface area contributed by atoms with E-state index in [-0.39, 0.29) is 11.3 Å². The Morgan fingerprint density at radius 1 is 0.975 bits per heavy atom. The number of ether oxygens (including phenoxy) is 3. The first-order valence-electron chi connectivity index (χ1n) is 13.3. The molecule has 1 fully saturated rings. The van der Waals surface area contributed by atoms with Crippen LogP contribution in [0.3, 0.4) is 0 Å². The molecule has 1 saturated heterocycles. The zero-order valence-electron chi connectivity index (χ0n) is 23.2. The Kier molecular flexibility index (Phi) is 10.2. The van der Waals surface area contributed by atoms with Crippen LogP contribution >= 0.6 is 35.6 Å². The van der Waals surface area contributed by atoms with E-state index in [0.29, 0.717) is 58.5 Å². The van der Waals surface area contributed by atoms with Crippen LogP contribution in [0.2, 0.25) is 5.02 Å². The summed E-state index contributed by atoms with van der Waals surface area (Å²) in [5.74, 6) is 1.72. The molecular formula is C32H34ClNO4S2. The summed E-state index contributed by atoms with van der Waals surface area (Å²) < 4.78 is 18.3. The summed E-state index contributed by atoms with van der Waals surface area (Å²) in [5.41, 5.74) is 3.13. The van der Waals surface area contributed by atoms with Gasteiger partial charge in [0, 0.05) is 6.42 Å². The Bertz CT molecular complexity index is 1370. The Hall–Kier alpha value is -3.00. The molecule has 1 heterocycles. The molecule has 0 aliphatic carbocycles. The van der Waals surface area contributed by atoms with Gasteiger partial charge in [0.05, 0.1) is 36.3 Å². The van der Waals surface area contributed by atoms with Crippen molar-refractivity contribution in [2.75, 3.05) is 19.8 Å². The molecule has 0 N–H and O–H groups in total. The van der Waals surface area contributed by atoms with E-state index in [0.717, 1.165) is 16.9 Å². The predicted molar refractivity (Wildman–Crippen MR) is 169 cm³/mol. The summed E-state index contributed by atoms with van der Waals surface area (Å²) in [5, 5.41) is 0.413. The van der Waals surface area contributed by atoms with Crippen molar-refractivity contribution in [2.45, 2.75) is 46.1 Å². The quantitative estimate of drug-likeness (QED) is 0.126. The van der Waals surface area contributed by atoms with Crippen LogP contribution in [-0.2, 0) is 16.8 Å². The van der Waals surface area contributed by atoms with Crippen LogP contribution in [0.5, 0.6) is 17.2 Å². The van der Waals surface area contributed by atoms with E-state index in [4.69, 9.17) is 38.0 Å². The topological polar surface area (TPSA) is 48.0 Å². The standard InChI is InChI=1S/C32H34ClNO4S2/c1-5-36-27-19-23(20-28-30(35)34(31(39)40-28)21-22-10-7-6-8-11-22)18-26(33)29(27)38-17-9-16-37-25-14-12-24(13-15-25)32(2,3)4/h6-8,10-15,18-20H,5,9,16-17,21H2,1-4H3. The first kappa shape index (κ1) is 30.0. The van der Waals surface area contributed by atoms with Gasteiger partial charge >= 0.3 is 0 Å². The third kappa shape index (κ3) is 7.80. The van der Waals surface area contributed by atoms with E-state index >= 15 is 0 Å². The normalized spacial score (nSPS) is 14.6. The number of hydrogen-bond donors (Lipinski definition) is 0. The fraction of sp³-hybridized carbons (Fsp3) is 0.312. The molecule has 210 valence electrons. The number of rotatable bonds is 11. The van der Waals surface area contributed by atoms with Crippen LogP contribution < -0.4 is 14.2 Å². The fourth-order valence-corrected chi connectivity index (χ4v) is 5.63. The van der Waals surface area contributed by atoms with Crippen LogP contribution in [0.25, 0.3) is 6.08 Å². The van der Waals surface area contributed by atoms with Crippen molar-refractivity contribution in [1.82, 2.24) is 4.90 Å². The summed E-state index contributed by atoms with van der Waals surface area (Å²) in [4.78, 5) is 15.3. The molecule has 1 aliphatic rings. The van der Waals surface area contributed by atoms with Crippen molar-refractivity contribution < 1.29 is 19.0 Å². The fourth-order valence-electron chi connectivity index (χ4n) is 4.10. The zero-order valence-corrected chi connectivity index (χ0v) is 25.6. The molecule has 0 unspecified atom stereocenters. The Morgan fingerprint density at radius 3 is 2.35 bits per heavy atom. The van der Waals surface area contributed by atoms with Crippen LogP contribution in [0.4, 0.5) is 0 Å². The lowest BCUT2D eigenvalue weighted by Crippen LogP contribution is -2.27. The average molecular weight is 596 g/mol. The van der Waals surface area contributed by atoms with Gasteiger partial charge in [-0.05, 0) is 59.4 Å². The molecule has 0 spiro atoms. The number of halogens is 1. The van der Waals surface area contributed by atoms with Gasteiger partial charge in [-0.1, -0.05) is 98.8 Å².